The molecule has 1 aromatic rings. The number of amides is 1. The van der Waals surface area contributed by atoms with Gasteiger partial charge in [0, 0.05) is 22.7 Å². The molecule has 1 atom stereocenters. The molecule has 0 unspecified atom stereocenters. The van der Waals surface area contributed by atoms with Gasteiger partial charge in [-0.1, -0.05) is 30.6 Å². The summed E-state index contributed by atoms with van der Waals surface area (Å²) in [7, 11) is 1.38. The van der Waals surface area contributed by atoms with Crippen LogP contribution >= 0.6 is 0 Å². The number of benzene rings is 1. The van der Waals surface area contributed by atoms with Gasteiger partial charge in [-0.15, -0.1) is 0 Å². The Morgan fingerprint density at radius 1 is 1.32 bits per heavy atom. The second-order valence-corrected chi connectivity index (χ2v) is 4.91. The van der Waals surface area contributed by atoms with Gasteiger partial charge in [-0.3, -0.25) is 9.59 Å². The van der Waals surface area contributed by atoms with Gasteiger partial charge in [-0.25, -0.2) is 0 Å². The molecular formula is C15H20N4O3. The van der Waals surface area contributed by atoms with Gasteiger partial charge in [0.05, 0.1) is 13.0 Å². The first-order valence-electron chi connectivity index (χ1n) is 7.09. The van der Waals surface area contributed by atoms with E-state index >= 15 is 0 Å². The molecule has 0 bridgehead atoms. The third-order valence-corrected chi connectivity index (χ3v) is 3.24. The number of ether oxygens (including phenoxy) is 1. The number of nitrogens with one attached hydrogen (secondary N) is 1. The van der Waals surface area contributed by atoms with Crippen molar-refractivity contribution in [3.63, 3.8) is 0 Å². The number of nitrogens with zero attached hydrogens (tertiary/aromatic N) is 3. The van der Waals surface area contributed by atoms with Crippen LogP contribution in [0.5, 0.6) is 0 Å². The maximum Gasteiger partial charge on any atom is 0.308 e. The zero-order chi connectivity index (χ0) is 16.4. The van der Waals surface area contributed by atoms with Crippen molar-refractivity contribution in [3.05, 3.63) is 40.3 Å². The Morgan fingerprint density at radius 3 is 2.59 bits per heavy atom. The third-order valence-electron chi connectivity index (χ3n) is 3.24. The predicted octanol–water partition coefficient (Wildman–Crippen LogP) is 3.34. The van der Waals surface area contributed by atoms with Crippen LogP contribution in [-0.4, -0.2) is 25.5 Å². The molecule has 0 aromatic heterocycles. The number of rotatable bonds is 8. The number of carbonyl (C=O) groups is 2. The molecule has 118 valence electrons. The second-order valence-electron chi connectivity index (χ2n) is 4.91. The fraction of sp³-hybridized carbons (Fsp3) is 0.467. The minimum Gasteiger partial charge on any atom is -0.469 e. The fourth-order valence-corrected chi connectivity index (χ4v) is 1.93. The highest BCUT2D eigenvalue weighted by molar-refractivity contribution is 5.94. The summed E-state index contributed by atoms with van der Waals surface area (Å²) >= 11 is 0. The van der Waals surface area contributed by atoms with E-state index in [2.05, 4.69) is 20.1 Å². The first-order valence-corrected chi connectivity index (χ1v) is 7.09. The molecule has 22 heavy (non-hydrogen) atoms. The molecule has 0 aliphatic heterocycles. The van der Waals surface area contributed by atoms with E-state index in [4.69, 9.17) is 5.53 Å². The summed E-state index contributed by atoms with van der Waals surface area (Å²) in [5.41, 5.74) is 9.29. The molecule has 7 heteroatoms. The van der Waals surface area contributed by atoms with Crippen LogP contribution in [0.3, 0.4) is 0 Å². The van der Waals surface area contributed by atoms with Crippen molar-refractivity contribution in [2.75, 3.05) is 13.7 Å². The van der Waals surface area contributed by atoms with Gasteiger partial charge in [-0.2, -0.15) is 0 Å². The number of unbranched alkanes of at least 4 members (excludes halogenated alkanes) is 1. The molecular weight excluding hydrogens is 284 g/mol. The number of azide groups is 1. The Bertz CT molecular complexity index is 550. The molecule has 0 heterocycles. The van der Waals surface area contributed by atoms with Crippen LogP contribution in [-0.2, 0) is 9.53 Å². The van der Waals surface area contributed by atoms with Gasteiger partial charge in [0.25, 0.3) is 5.91 Å². The van der Waals surface area contributed by atoms with Crippen molar-refractivity contribution in [2.24, 2.45) is 11.0 Å². The second kappa shape index (κ2) is 9.41. The first-order chi connectivity index (χ1) is 10.6. The van der Waals surface area contributed by atoms with Gasteiger partial charge in [0.2, 0.25) is 0 Å². The standard InChI is InChI=1S/C15H20N4O3/c1-11(15(21)22-2)5-3-4-10-17-14(20)12-6-8-13(9-7-12)18-19-16/h6-9,11H,3-5,10H2,1-2H3,(H,17,20)/t11-/m0/s1. The molecule has 1 amide bonds. The van der Waals surface area contributed by atoms with Crippen molar-refractivity contribution in [1.29, 1.82) is 0 Å². The molecule has 0 saturated heterocycles. The molecule has 1 rings (SSSR count). The molecule has 1 N–H and O–H groups in total. The highest BCUT2D eigenvalue weighted by atomic mass is 16.5. The number of carbonyl (C=O) groups excluding carboxylic acids is 2. The van der Waals surface area contributed by atoms with Crippen LogP contribution in [0.2, 0.25) is 0 Å². The monoisotopic (exact) mass is 304 g/mol. The molecule has 0 radical (unpaired) electrons. The van der Waals surface area contributed by atoms with E-state index in [1.54, 1.807) is 24.3 Å². The van der Waals surface area contributed by atoms with Crippen molar-refractivity contribution in [2.45, 2.75) is 26.2 Å². The first kappa shape index (κ1) is 17.5. The average molecular weight is 304 g/mol. The molecule has 7 nitrogen and oxygen atoms in total. The van der Waals surface area contributed by atoms with E-state index in [1.165, 1.54) is 7.11 Å². The minimum absolute atomic E-state index is 0.117. The number of methoxy groups -OCH3 is 1. The zero-order valence-electron chi connectivity index (χ0n) is 12.8. The largest absolute Gasteiger partial charge is 0.469 e. The van der Waals surface area contributed by atoms with Crippen molar-refractivity contribution in [3.8, 4) is 0 Å². The topological polar surface area (TPSA) is 104 Å². The summed E-state index contributed by atoms with van der Waals surface area (Å²) in [6, 6.07) is 6.40. The Hall–Kier alpha value is -2.53. The summed E-state index contributed by atoms with van der Waals surface area (Å²) in [5, 5.41) is 6.25. The third kappa shape index (κ3) is 5.85. The minimum atomic E-state index is -0.204. The van der Waals surface area contributed by atoms with Crippen LogP contribution < -0.4 is 5.32 Å². The average Bonchev–Trinajstić information content (AvgIpc) is 2.54. The Balaban J connectivity index is 2.28. The van der Waals surface area contributed by atoms with E-state index in [0.717, 1.165) is 19.3 Å². The Labute approximate surface area is 129 Å². The number of hydrogen-bond acceptors (Lipinski definition) is 4. The van der Waals surface area contributed by atoms with Crippen molar-refractivity contribution >= 4 is 17.6 Å². The molecule has 0 aliphatic carbocycles. The predicted molar refractivity (Wildman–Crippen MR) is 82.6 cm³/mol. The number of esters is 1. The smallest absolute Gasteiger partial charge is 0.308 e. The maximum atomic E-state index is 11.9. The van der Waals surface area contributed by atoms with Crippen molar-refractivity contribution in [1.82, 2.24) is 5.32 Å². The Morgan fingerprint density at radius 2 is 2.00 bits per heavy atom. The van der Waals surface area contributed by atoms with Crippen LogP contribution in [0.15, 0.2) is 29.4 Å². The van der Waals surface area contributed by atoms with E-state index in [-0.39, 0.29) is 17.8 Å². The lowest BCUT2D eigenvalue weighted by molar-refractivity contribution is -0.145. The van der Waals surface area contributed by atoms with Crippen LogP contribution in [0.4, 0.5) is 5.69 Å². The van der Waals surface area contributed by atoms with Crippen molar-refractivity contribution < 1.29 is 14.3 Å². The van der Waals surface area contributed by atoms with Gasteiger partial charge in [0.15, 0.2) is 0 Å². The lowest BCUT2D eigenvalue weighted by Crippen LogP contribution is -2.24. The molecule has 0 saturated carbocycles. The Kier molecular flexibility index (Phi) is 7.50. The summed E-state index contributed by atoms with van der Waals surface area (Å²) < 4.78 is 4.65. The SMILES string of the molecule is COC(=O)[C@@H](C)CCCCNC(=O)c1ccc(N=[N+]=[N-])cc1. The van der Waals surface area contributed by atoms with Gasteiger partial charge in [-0.05, 0) is 30.5 Å². The summed E-state index contributed by atoms with van der Waals surface area (Å²) in [5.74, 6) is -0.494. The summed E-state index contributed by atoms with van der Waals surface area (Å²) in [6.45, 7) is 2.38. The number of hydrogen-bond donors (Lipinski definition) is 1. The lowest BCUT2D eigenvalue weighted by Gasteiger charge is -2.09. The fourth-order valence-electron chi connectivity index (χ4n) is 1.93. The normalized spacial score (nSPS) is 11.2. The quantitative estimate of drug-likeness (QED) is 0.262. The molecule has 0 fully saturated rings. The molecule has 0 aliphatic rings. The van der Waals surface area contributed by atoms with E-state index in [0.29, 0.717) is 17.8 Å². The summed E-state index contributed by atoms with van der Waals surface area (Å²) in [6.07, 6.45) is 2.37. The highest BCUT2D eigenvalue weighted by Crippen LogP contribution is 2.13. The van der Waals surface area contributed by atoms with E-state index in [1.807, 2.05) is 6.92 Å². The lowest BCUT2D eigenvalue weighted by atomic mass is 10.0. The van der Waals surface area contributed by atoms with Gasteiger partial charge in [0.1, 0.15) is 0 Å². The molecule has 1 aromatic carbocycles. The van der Waals surface area contributed by atoms with E-state index < -0.39 is 0 Å². The van der Waals surface area contributed by atoms with Gasteiger partial charge >= 0.3 is 5.97 Å². The van der Waals surface area contributed by atoms with Crippen LogP contribution in [0, 0.1) is 5.92 Å². The molecule has 0 spiro atoms. The summed E-state index contributed by atoms with van der Waals surface area (Å²) in [4.78, 5) is 25.8. The van der Waals surface area contributed by atoms with E-state index in [9.17, 15) is 9.59 Å². The van der Waals surface area contributed by atoms with Gasteiger partial charge < -0.3 is 10.1 Å². The zero-order valence-corrected chi connectivity index (χ0v) is 12.8. The van der Waals surface area contributed by atoms with Crippen LogP contribution in [0.25, 0.3) is 10.4 Å². The highest BCUT2D eigenvalue weighted by Gasteiger charge is 2.12. The maximum absolute atomic E-state index is 11.9. The van der Waals surface area contributed by atoms with Crippen LogP contribution in [0.1, 0.15) is 36.5 Å².